The highest BCUT2D eigenvalue weighted by atomic mass is 19.4. The van der Waals surface area contributed by atoms with E-state index in [-0.39, 0.29) is 35.5 Å². The lowest BCUT2D eigenvalue weighted by atomic mass is 9.90. The van der Waals surface area contributed by atoms with Crippen LogP contribution in [0.15, 0.2) is 48.5 Å². The predicted octanol–water partition coefficient (Wildman–Crippen LogP) is 5.76. The van der Waals surface area contributed by atoms with Gasteiger partial charge >= 0.3 is 6.18 Å². The molecule has 0 aliphatic carbocycles. The molecule has 0 saturated carbocycles. The molecule has 0 saturated heterocycles. The zero-order valence-corrected chi connectivity index (χ0v) is 16.3. The zero-order valence-electron chi connectivity index (χ0n) is 16.3. The number of phenolic OH excluding ortho intramolecular Hbond substituents is 2. The smallest absolute Gasteiger partial charge is 0.416 e. The Labute approximate surface area is 175 Å². The first-order valence-electron chi connectivity index (χ1n) is 9.15. The molecule has 31 heavy (non-hydrogen) atoms. The molecule has 0 fully saturated rings. The van der Waals surface area contributed by atoms with E-state index in [0.29, 0.717) is 17.4 Å². The SMILES string of the molecule is Cc1c(O)c(O)c(C=O)c(COCc2cccc(F)c2)c1-c1ccc(C(F)(F)F)cc1. The van der Waals surface area contributed by atoms with Crippen LogP contribution >= 0.6 is 0 Å². The topological polar surface area (TPSA) is 66.8 Å². The Balaban J connectivity index is 2.03. The number of alkyl halides is 3. The van der Waals surface area contributed by atoms with E-state index in [4.69, 9.17) is 4.74 Å². The largest absolute Gasteiger partial charge is 0.504 e. The van der Waals surface area contributed by atoms with Crippen LogP contribution in [0.25, 0.3) is 11.1 Å². The number of hydrogen-bond acceptors (Lipinski definition) is 4. The van der Waals surface area contributed by atoms with Crippen molar-refractivity contribution >= 4 is 6.29 Å². The van der Waals surface area contributed by atoms with Gasteiger partial charge in [0.1, 0.15) is 5.82 Å². The van der Waals surface area contributed by atoms with Crippen LogP contribution in [0, 0.1) is 12.7 Å². The second-order valence-electron chi connectivity index (χ2n) is 6.91. The Kier molecular flexibility index (Phi) is 6.31. The van der Waals surface area contributed by atoms with Crippen LogP contribution in [0.4, 0.5) is 17.6 Å². The highest BCUT2D eigenvalue weighted by Crippen LogP contribution is 2.43. The minimum Gasteiger partial charge on any atom is -0.504 e. The summed E-state index contributed by atoms with van der Waals surface area (Å²) in [6.45, 7) is 1.24. The Morgan fingerprint density at radius 3 is 2.26 bits per heavy atom. The van der Waals surface area contributed by atoms with Gasteiger partial charge in [-0.15, -0.1) is 0 Å². The van der Waals surface area contributed by atoms with Gasteiger partial charge in [0.25, 0.3) is 0 Å². The molecule has 3 rings (SSSR count). The fourth-order valence-electron chi connectivity index (χ4n) is 3.32. The van der Waals surface area contributed by atoms with Gasteiger partial charge in [-0.05, 0) is 47.9 Å². The number of benzene rings is 3. The molecule has 4 nitrogen and oxygen atoms in total. The maximum atomic E-state index is 13.3. The molecule has 0 radical (unpaired) electrons. The molecular weight excluding hydrogens is 416 g/mol. The highest BCUT2D eigenvalue weighted by molar-refractivity contribution is 5.90. The van der Waals surface area contributed by atoms with Crippen molar-refractivity contribution < 1.29 is 37.3 Å². The lowest BCUT2D eigenvalue weighted by Gasteiger charge is -2.19. The van der Waals surface area contributed by atoms with E-state index < -0.39 is 29.1 Å². The Hall–Kier alpha value is -3.39. The first-order valence-corrected chi connectivity index (χ1v) is 9.15. The molecule has 0 bridgehead atoms. The molecule has 0 aromatic heterocycles. The minimum absolute atomic E-state index is 0.0107. The molecule has 0 spiro atoms. The number of carbonyl (C=O) groups excluding carboxylic acids is 1. The van der Waals surface area contributed by atoms with Crippen molar-refractivity contribution in [3.8, 4) is 22.6 Å². The van der Waals surface area contributed by atoms with Crippen molar-refractivity contribution in [3.05, 3.63) is 82.2 Å². The number of phenols is 2. The summed E-state index contributed by atoms with van der Waals surface area (Å²) in [5.74, 6) is -1.64. The summed E-state index contributed by atoms with van der Waals surface area (Å²) in [5, 5.41) is 20.4. The highest BCUT2D eigenvalue weighted by Gasteiger charge is 2.30. The maximum Gasteiger partial charge on any atom is 0.416 e. The fraction of sp³-hybridized carbons (Fsp3) is 0.174. The molecule has 2 N–H and O–H groups in total. The third kappa shape index (κ3) is 4.69. The van der Waals surface area contributed by atoms with Gasteiger partial charge < -0.3 is 14.9 Å². The summed E-state index contributed by atoms with van der Waals surface area (Å²) >= 11 is 0. The van der Waals surface area contributed by atoms with E-state index in [1.165, 1.54) is 37.3 Å². The average molecular weight is 434 g/mol. The lowest BCUT2D eigenvalue weighted by molar-refractivity contribution is -0.137. The number of rotatable bonds is 6. The van der Waals surface area contributed by atoms with Crippen LogP contribution in [0.1, 0.15) is 32.6 Å². The second-order valence-corrected chi connectivity index (χ2v) is 6.91. The van der Waals surface area contributed by atoms with Gasteiger partial charge in [-0.1, -0.05) is 24.3 Å². The first-order chi connectivity index (χ1) is 14.6. The number of hydrogen-bond donors (Lipinski definition) is 2. The van der Waals surface area contributed by atoms with Crippen molar-refractivity contribution in [1.82, 2.24) is 0 Å². The molecule has 0 atom stereocenters. The van der Waals surface area contributed by atoms with Gasteiger partial charge in [0.05, 0.1) is 24.3 Å². The molecule has 162 valence electrons. The van der Waals surface area contributed by atoms with Crippen LogP contribution < -0.4 is 0 Å². The molecule has 8 heteroatoms. The van der Waals surface area contributed by atoms with Crippen LogP contribution in [-0.4, -0.2) is 16.5 Å². The van der Waals surface area contributed by atoms with E-state index in [9.17, 15) is 32.6 Å². The molecule has 0 aliphatic rings. The van der Waals surface area contributed by atoms with E-state index in [1.54, 1.807) is 6.07 Å². The van der Waals surface area contributed by atoms with Gasteiger partial charge in [-0.2, -0.15) is 13.2 Å². The number of carbonyl (C=O) groups is 1. The van der Waals surface area contributed by atoms with Crippen molar-refractivity contribution in [2.75, 3.05) is 0 Å². The fourth-order valence-corrected chi connectivity index (χ4v) is 3.32. The quantitative estimate of drug-likeness (QED) is 0.294. The van der Waals surface area contributed by atoms with Crippen molar-refractivity contribution in [3.63, 3.8) is 0 Å². The second kappa shape index (κ2) is 8.77. The summed E-state index contributed by atoms with van der Waals surface area (Å²) in [4.78, 5) is 11.6. The summed E-state index contributed by atoms with van der Waals surface area (Å²) in [7, 11) is 0. The van der Waals surface area contributed by atoms with Crippen molar-refractivity contribution in [1.29, 1.82) is 0 Å². The van der Waals surface area contributed by atoms with Crippen LogP contribution in [0.3, 0.4) is 0 Å². The van der Waals surface area contributed by atoms with E-state index in [2.05, 4.69) is 0 Å². The monoisotopic (exact) mass is 434 g/mol. The standard InChI is InChI=1S/C23H18F4O4/c1-13-20(15-5-7-16(8-6-15)23(25,26)27)19(18(10-28)22(30)21(13)29)12-31-11-14-3-2-4-17(24)9-14/h2-10,29-30H,11-12H2,1H3. The predicted molar refractivity (Wildman–Crippen MR) is 105 cm³/mol. The Morgan fingerprint density at radius 1 is 1.00 bits per heavy atom. The molecule has 0 heterocycles. The van der Waals surface area contributed by atoms with E-state index in [1.807, 2.05) is 0 Å². The Bertz CT molecular complexity index is 1110. The number of halogens is 4. The Morgan fingerprint density at radius 2 is 1.68 bits per heavy atom. The molecule has 0 unspecified atom stereocenters. The van der Waals surface area contributed by atoms with Crippen molar-refractivity contribution in [2.45, 2.75) is 26.3 Å². The summed E-state index contributed by atoms with van der Waals surface area (Å²) in [6, 6.07) is 9.90. The molecule has 3 aromatic carbocycles. The van der Waals surface area contributed by atoms with Gasteiger partial charge in [0.2, 0.25) is 0 Å². The van der Waals surface area contributed by atoms with Crippen LogP contribution in [-0.2, 0) is 24.1 Å². The molecule has 0 aliphatic heterocycles. The maximum absolute atomic E-state index is 13.3. The van der Waals surface area contributed by atoms with Gasteiger partial charge in [0, 0.05) is 11.1 Å². The molecular formula is C23H18F4O4. The number of ether oxygens (including phenoxy) is 1. The van der Waals surface area contributed by atoms with Gasteiger partial charge in [0.15, 0.2) is 17.8 Å². The normalized spacial score (nSPS) is 11.5. The van der Waals surface area contributed by atoms with E-state index >= 15 is 0 Å². The van der Waals surface area contributed by atoms with Crippen LogP contribution in [0.5, 0.6) is 11.5 Å². The zero-order chi connectivity index (χ0) is 22.8. The third-order valence-electron chi connectivity index (χ3n) is 4.86. The minimum atomic E-state index is -4.52. The summed E-state index contributed by atoms with van der Waals surface area (Å²) in [6.07, 6.45) is -4.18. The van der Waals surface area contributed by atoms with Gasteiger partial charge in [-0.3, -0.25) is 4.79 Å². The first kappa shape index (κ1) is 22.3. The van der Waals surface area contributed by atoms with E-state index in [0.717, 1.165) is 12.1 Å². The van der Waals surface area contributed by atoms with Gasteiger partial charge in [-0.25, -0.2) is 4.39 Å². The summed E-state index contributed by atoms with van der Waals surface area (Å²) in [5.41, 5.74) is 0.377. The number of aldehydes is 1. The molecule has 0 amide bonds. The number of aromatic hydroxyl groups is 2. The van der Waals surface area contributed by atoms with Crippen molar-refractivity contribution in [2.24, 2.45) is 0 Å². The molecule has 3 aromatic rings. The lowest BCUT2D eigenvalue weighted by Crippen LogP contribution is -2.06. The third-order valence-corrected chi connectivity index (χ3v) is 4.86. The average Bonchev–Trinajstić information content (AvgIpc) is 2.72. The van der Waals surface area contributed by atoms with Crippen LogP contribution in [0.2, 0.25) is 0 Å². The summed E-state index contributed by atoms with van der Waals surface area (Å²) < 4.78 is 57.7.